The van der Waals surface area contributed by atoms with Crippen molar-refractivity contribution in [3.05, 3.63) is 34.7 Å². The number of rotatable bonds is 2. The van der Waals surface area contributed by atoms with Gasteiger partial charge in [0.15, 0.2) is 5.82 Å². The fourth-order valence-corrected chi connectivity index (χ4v) is 1.69. The largest absolute Gasteiger partial charge is 0.465 e. The molecule has 6 heteroatoms. The van der Waals surface area contributed by atoms with Gasteiger partial charge in [-0.2, -0.15) is 0 Å². The Labute approximate surface area is 107 Å². The Kier molecular flexibility index (Phi) is 3.23. The molecule has 0 N–H and O–H groups in total. The van der Waals surface area contributed by atoms with Gasteiger partial charge in [-0.3, -0.25) is 4.98 Å². The summed E-state index contributed by atoms with van der Waals surface area (Å²) in [7, 11) is 3.21. The van der Waals surface area contributed by atoms with Crippen LogP contribution in [0.5, 0.6) is 0 Å². The molecule has 0 spiro atoms. The summed E-state index contributed by atoms with van der Waals surface area (Å²) in [6.45, 7) is 0. The average molecular weight is 296 g/mol. The van der Waals surface area contributed by atoms with Gasteiger partial charge in [0.25, 0.3) is 0 Å². The summed E-state index contributed by atoms with van der Waals surface area (Å²) >= 11 is 3.36. The Balaban J connectivity index is 2.47. The molecule has 0 fully saturated rings. The molecule has 2 aromatic heterocycles. The highest BCUT2D eigenvalue weighted by Crippen LogP contribution is 2.20. The number of pyridine rings is 1. The van der Waals surface area contributed by atoms with Gasteiger partial charge in [0.1, 0.15) is 10.3 Å². The van der Waals surface area contributed by atoms with Gasteiger partial charge in [-0.25, -0.2) is 9.78 Å². The van der Waals surface area contributed by atoms with Crippen molar-refractivity contribution in [1.29, 1.82) is 0 Å². The van der Waals surface area contributed by atoms with Crippen LogP contribution in [0.3, 0.4) is 0 Å². The van der Waals surface area contributed by atoms with Crippen LogP contribution in [0.4, 0.5) is 0 Å². The average Bonchev–Trinajstić information content (AvgIpc) is 2.69. The maximum absolute atomic E-state index is 11.4. The molecule has 2 aromatic rings. The summed E-state index contributed by atoms with van der Waals surface area (Å²) in [6, 6.07) is 3.26. The number of hydrogen-bond donors (Lipinski definition) is 0. The predicted octanol–water partition coefficient (Wildman–Crippen LogP) is 2.03. The standard InChI is InChI=1S/C11H10BrN3O2/c1-15-9(12)6-14-10(15)8-5-7(3-4-13-8)11(16)17-2/h3-6H,1-2H3. The molecule has 0 radical (unpaired) electrons. The zero-order valence-corrected chi connectivity index (χ0v) is 10.9. The number of carbonyl (C=O) groups is 1. The summed E-state index contributed by atoms with van der Waals surface area (Å²) < 4.78 is 7.34. The van der Waals surface area contributed by atoms with E-state index in [1.165, 1.54) is 7.11 Å². The first-order chi connectivity index (χ1) is 8.13. The van der Waals surface area contributed by atoms with E-state index in [2.05, 4.69) is 30.6 Å². The number of aromatic nitrogens is 3. The van der Waals surface area contributed by atoms with Gasteiger partial charge in [-0.1, -0.05) is 0 Å². The zero-order chi connectivity index (χ0) is 12.4. The normalized spacial score (nSPS) is 10.3. The van der Waals surface area contributed by atoms with Crippen molar-refractivity contribution >= 4 is 21.9 Å². The van der Waals surface area contributed by atoms with Crippen molar-refractivity contribution in [2.24, 2.45) is 7.05 Å². The molecule has 0 bridgehead atoms. The van der Waals surface area contributed by atoms with E-state index in [0.29, 0.717) is 17.1 Å². The first kappa shape index (κ1) is 11.8. The molecule has 0 saturated carbocycles. The van der Waals surface area contributed by atoms with Crippen LogP contribution in [0.15, 0.2) is 29.1 Å². The van der Waals surface area contributed by atoms with Gasteiger partial charge < -0.3 is 9.30 Å². The molecule has 0 saturated heterocycles. The maximum atomic E-state index is 11.4. The van der Waals surface area contributed by atoms with E-state index in [4.69, 9.17) is 0 Å². The zero-order valence-electron chi connectivity index (χ0n) is 9.35. The molecular weight excluding hydrogens is 286 g/mol. The number of imidazole rings is 1. The molecule has 0 aromatic carbocycles. The van der Waals surface area contributed by atoms with Crippen LogP contribution in [0.2, 0.25) is 0 Å². The van der Waals surface area contributed by atoms with E-state index in [0.717, 1.165) is 4.60 Å². The van der Waals surface area contributed by atoms with E-state index in [-0.39, 0.29) is 5.97 Å². The van der Waals surface area contributed by atoms with E-state index >= 15 is 0 Å². The van der Waals surface area contributed by atoms with Crippen LogP contribution in [-0.2, 0) is 11.8 Å². The minimum atomic E-state index is -0.387. The third-order valence-electron chi connectivity index (χ3n) is 2.34. The van der Waals surface area contributed by atoms with Gasteiger partial charge in [0, 0.05) is 13.2 Å². The smallest absolute Gasteiger partial charge is 0.337 e. The number of hydrogen-bond acceptors (Lipinski definition) is 4. The fourth-order valence-electron chi connectivity index (χ4n) is 1.42. The van der Waals surface area contributed by atoms with Gasteiger partial charge >= 0.3 is 5.97 Å². The van der Waals surface area contributed by atoms with E-state index in [1.54, 1.807) is 24.5 Å². The molecule has 5 nitrogen and oxygen atoms in total. The Morgan fingerprint density at radius 2 is 2.24 bits per heavy atom. The van der Waals surface area contributed by atoms with Crippen LogP contribution in [-0.4, -0.2) is 27.6 Å². The lowest BCUT2D eigenvalue weighted by atomic mass is 10.2. The predicted molar refractivity (Wildman–Crippen MR) is 65.5 cm³/mol. The minimum absolute atomic E-state index is 0.387. The Morgan fingerprint density at radius 1 is 1.47 bits per heavy atom. The molecule has 0 aliphatic heterocycles. The lowest BCUT2D eigenvalue weighted by Gasteiger charge is -2.03. The topological polar surface area (TPSA) is 57.0 Å². The second kappa shape index (κ2) is 4.67. The van der Waals surface area contributed by atoms with Crippen LogP contribution >= 0.6 is 15.9 Å². The highest BCUT2D eigenvalue weighted by molar-refractivity contribution is 9.10. The van der Waals surface area contributed by atoms with Crippen LogP contribution in [0.1, 0.15) is 10.4 Å². The molecule has 0 unspecified atom stereocenters. The van der Waals surface area contributed by atoms with E-state index in [9.17, 15) is 4.79 Å². The molecule has 2 heterocycles. The second-order valence-electron chi connectivity index (χ2n) is 3.38. The lowest BCUT2D eigenvalue weighted by molar-refractivity contribution is 0.0600. The molecule has 17 heavy (non-hydrogen) atoms. The summed E-state index contributed by atoms with van der Waals surface area (Å²) in [6.07, 6.45) is 3.24. The number of nitrogens with zero attached hydrogens (tertiary/aromatic N) is 3. The number of esters is 1. The van der Waals surface area contributed by atoms with Crippen LogP contribution in [0, 0.1) is 0 Å². The number of methoxy groups -OCH3 is 1. The molecule has 88 valence electrons. The molecule has 0 amide bonds. The first-order valence-corrected chi connectivity index (χ1v) is 5.64. The highest BCUT2D eigenvalue weighted by Gasteiger charge is 2.11. The molecule has 0 aliphatic rings. The van der Waals surface area contributed by atoms with Crippen molar-refractivity contribution in [2.75, 3.05) is 7.11 Å². The molecule has 0 atom stereocenters. The summed E-state index contributed by atoms with van der Waals surface area (Å²) in [4.78, 5) is 19.8. The number of ether oxygens (including phenoxy) is 1. The first-order valence-electron chi connectivity index (χ1n) is 4.85. The Hall–Kier alpha value is -1.69. The van der Waals surface area contributed by atoms with Crippen molar-refractivity contribution in [2.45, 2.75) is 0 Å². The van der Waals surface area contributed by atoms with Crippen molar-refractivity contribution in [3.8, 4) is 11.5 Å². The fraction of sp³-hybridized carbons (Fsp3) is 0.182. The third-order valence-corrected chi connectivity index (χ3v) is 3.08. The monoisotopic (exact) mass is 295 g/mol. The SMILES string of the molecule is COC(=O)c1ccnc(-c2ncc(Br)n2C)c1. The Morgan fingerprint density at radius 3 is 2.82 bits per heavy atom. The van der Waals surface area contributed by atoms with Crippen LogP contribution in [0.25, 0.3) is 11.5 Å². The van der Waals surface area contributed by atoms with Crippen molar-refractivity contribution in [1.82, 2.24) is 14.5 Å². The van der Waals surface area contributed by atoms with E-state index in [1.807, 2.05) is 11.6 Å². The third kappa shape index (κ3) is 2.21. The number of halogens is 1. The Bertz CT molecular complexity index is 566. The quantitative estimate of drug-likeness (QED) is 0.796. The maximum Gasteiger partial charge on any atom is 0.337 e. The number of carbonyl (C=O) groups excluding carboxylic acids is 1. The van der Waals surface area contributed by atoms with Crippen LogP contribution < -0.4 is 0 Å². The molecule has 0 aliphatic carbocycles. The lowest BCUT2D eigenvalue weighted by Crippen LogP contribution is -2.03. The highest BCUT2D eigenvalue weighted by atomic mass is 79.9. The van der Waals surface area contributed by atoms with Crippen molar-refractivity contribution in [3.63, 3.8) is 0 Å². The molecule has 2 rings (SSSR count). The van der Waals surface area contributed by atoms with Crippen molar-refractivity contribution < 1.29 is 9.53 Å². The molecular formula is C11H10BrN3O2. The summed E-state index contributed by atoms with van der Waals surface area (Å²) in [5.74, 6) is 0.296. The summed E-state index contributed by atoms with van der Waals surface area (Å²) in [5.41, 5.74) is 1.08. The van der Waals surface area contributed by atoms with Gasteiger partial charge in [0.05, 0.1) is 18.9 Å². The van der Waals surface area contributed by atoms with E-state index < -0.39 is 0 Å². The second-order valence-corrected chi connectivity index (χ2v) is 4.20. The minimum Gasteiger partial charge on any atom is -0.465 e. The van der Waals surface area contributed by atoms with Gasteiger partial charge in [0.2, 0.25) is 0 Å². The summed E-state index contributed by atoms with van der Waals surface area (Å²) in [5, 5.41) is 0. The van der Waals surface area contributed by atoms with Gasteiger partial charge in [-0.15, -0.1) is 0 Å². The van der Waals surface area contributed by atoms with Gasteiger partial charge in [-0.05, 0) is 28.1 Å².